The van der Waals surface area contributed by atoms with Crippen LogP contribution in [0.4, 0.5) is 5.69 Å². The van der Waals surface area contributed by atoms with Crippen LogP contribution in [0.3, 0.4) is 0 Å². The summed E-state index contributed by atoms with van der Waals surface area (Å²) in [4.78, 5) is 22.7. The van der Waals surface area contributed by atoms with Crippen molar-refractivity contribution in [1.29, 1.82) is 0 Å². The van der Waals surface area contributed by atoms with Gasteiger partial charge in [0.25, 0.3) is 5.69 Å². The topological polar surface area (TPSA) is 100 Å². The van der Waals surface area contributed by atoms with E-state index in [9.17, 15) is 14.9 Å². The molecule has 3 aromatic rings. The fraction of sp³-hybridized carbons (Fsp3) is 0.250. The number of benzene rings is 2. The van der Waals surface area contributed by atoms with Crippen LogP contribution in [0, 0.1) is 10.1 Å². The Balaban J connectivity index is 1.63. The smallest absolute Gasteiger partial charge is 0.316 e. The predicted octanol–water partition coefficient (Wildman–Crippen LogP) is 4.27. The molecule has 1 aromatic heterocycles. The first-order chi connectivity index (χ1) is 14.0. The molecule has 0 aliphatic heterocycles. The van der Waals surface area contributed by atoms with Crippen LogP contribution in [-0.2, 0) is 16.1 Å². The first kappa shape index (κ1) is 20.5. The van der Waals surface area contributed by atoms with E-state index in [0.717, 1.165) is 11.4 Å². The van der Waals surface area contributed by atoms with Crippen molar-refractivity contribution in [3.63, 3.8) is 0 Å². The van der Waals surface area contributed by atoms with Gasteiger partial charge in [0.05, 0.1) is 10.7 Å². The van der Waals surface area contributed by atoms with Crippen LogP contribution in [0.15, 0.2) is 59.8 Å². The summed E-state index contributed by atoms with van der Waals surface area (Å²) >= 11 is 1.25. The van der Waals surface area contributed by atoms with Crippen molar-refractivity contribution in [3.05, 3.63) is 70.3 Å². The third kappa shape index (κ3) is 5.00. The van der Waals surface area contributed by atoms with E-state index in [0.29, 0.717) is 17.3 Å². The van der Waals surface area contributed by atoms with Crippen molar-refractivity contribution < 1.29 is 14.5 Å². The number of aromatic nitrogens is 3. The van der Waals surface area contributed by atoms with Crippen molar-refractivity contribution in [1.82, 2.24) is 14.8 Å². The van der Waals surface area contributed by atoms with Crippen LogP contribution in [0.1, 0.15) is 25.5 Å². The Kier molecular flexibility index (Phi) is 6.61. The van der Waals surface area contributed by atoms with Crippen LogP contribution in [0.25, 0.3) is 11.4 Å². The lowest BCUT2D eigenvalue weighted by Gasteiger charge is -2.13. The molecule has 1 atom stereocenters. The summed E-state index contributed by atoms with van der Waals surface area (Å²) in [6.45, 7) is 4.34. The molecule has 0 saturated heterocycles. The van der Waals surface area contributed by atoms with E-state index >= 15 is 0 Å². The van der Waals surface area contributed by atoms with Gasteiger partial charge in [0, 0.05) is 24.2 Å². The van der Waals surface area contributed by atoms with Gasteiger partial charge in [0.2, 0.25) is 0 Å². The predicted molar refractivity (Wildman–Crippen MR) is 109 cm³/mol. The summed E-state index contributed by atoms with van der Waals surface area (Å²) in [6, 6.07) is 15.8. The summed E-state index contributed by atoms with van der Waals surface area (Å²) in [7, 11) is 0. The SMILES string of the molecule is CCn1c(SCC(=O)O[C@H](C)c2cccc([N+](=O)[O-])c2)nnc1-c1ccccc1. The Hall–Kier alpha value is -3.20. The van der Waals surface area contributed by atoms with E-state index in [2.05, 4.69) is 10.2 Å². The average molecular weight is 412 g/mol. The summed E-state index contributed by atoms with van der Waals surface area (Å²) in [6.07, 6.45) is -0.591. The van der Waals surface area contributed by atoms with E-state index in [-0.39, 0.29) is 11.4 Å². The number of ether oxygens (including phenoxy) is 1. The number of hydrogen-bond donors (Lipinski definition) is 0. The fourth-order valence-corrected chi connectivity index (χ4v) is 3.58. The minimum atomic E-state index is -0.591. The first-order valence-corrected chi connectivity index (χ1v) is 10.0. The minimum Gasteiger partial charge on any atom is -0.457 e. The van der Waals surface area contributed by atoms with E-state index in [1.165, 1.54) is 23.9 Å². The molecule has 29 heavy (non-hydrogen) atoms. The molecule has 0 bridgehead atoms. The summed E-state index contributed by atoms with van der Waals surface area (Å²) in [5.41, 5.74) is 1.49. The number of esters is 1. The molecule has 0 aliphatic carbocycles. The third-order valence-electron chi connectivity index (χ3n) is 4.24. The molecular weight excluding hydrogens is 392 g/mol. The van der Waals surface area contributed by atoms with Gasteiger partial charge >= 0.3 is 5.97 Å². The number of rotatable bonds is 8. The van der Waals surface area contributed by atoms with Crippen LogP contribution < -0.4 is 0 Å². The lowest BCUT2D eigenvalue weighted by atomic mass is 10.1. The lowest BCUT2D eigenvalue weighted by molar-refractivity contribution is -0.385. The highest BCUT2D eigenvalue weighted by Gasteiger charge is 2.18. The highest BCUT2D eigenvalue weighted by molar-refractivity contribution is 7.99. The molecule has 150 valence electrons. The number of hydrogen-bond acceptors (Lipinski definition) is 7. The van der Waals surface area contributed by atoms with Crippen LogP contribution in [-0.4, -0.2) is 31.4 Å². The summed E-state index contributed by atoms with van der Waals surface area (Å²) < 4.78 is 7.36. The minimum absolute atomic E-state index is 0.0377. The van der Waals surface area contributed by atoms with Gasteiger partial charge in [-0.2, -0.15) is 0 Å². The Morgan fingerprint density at radius 1 is 1.21 bits per heavy atom. The average Bonchev–Trinajstić information content (AvgIpc) is 3.16. The maximum atomic E-state index is 12.3. The molecule has 0 aliphatic rings. The number of nitro groups is 1. The van der Waals surface area contributed by atoms with Crippen molar-refractivity contribution >= 4 is 23.4 Å². The molecule has 3 rings (SSSR count). The van der Waals surface area contributed by atoms with Crippen LogP contribution in [0.5, 0.6) is 0 Å². The highest BCUT2D eigenvalue weighted by atomic mass is 32.2. The van der Waals surface area contributed by atoms with Gasteiger partial charge in [-0.15, -0.1) is 10.2 Å². The molecule has 0 N–H and O–H groups in total. The zero-order valence-electron chi connectivity index (χ0n) is 16.0. The van der Waals surface area contributed by atoms with Gasteiger partial charge in [-0.1, -0.05) is 54.2 Å². The molecule has 0 fully saturated rings. The lowest BCUT2D eigenvalue weighted by Crippen LogP contribution is -2.12. The quantitative estimate of drug-likeness (QED) is 0.236. The Labute approximate surface area is 172 Å². The maximum absolute atomic E-state index is 12.3. The monoisotopic (exact) mass is 412 g/mol. The second-order valence-corrected chi connectivity index (χ2v) is 7.13. The molecule has 0 amide bonds. The Morgan fingerprint density at radius 3 is 2.66 bits per heavy atom. The van der Waals surface area contributed by atoms with Crippen LogP contribution >= 0.6 is 11.8 Å². The fourth-order valence-electron chi connectivity index (χ4n) is 2.80. The first-order valence-electron chi connectivity index (χ1n) is 9.04. The van der Waals surface area contributed by atoms with E-state index in [1.54, 1.807) is 19.1 Å². The summed E-state index contributed by atoms with van der Waals surface area (Å²) in [5.74, 6) is 0.376. The van der Waals surface area contributed by atoms with Gasteiger partial charge in [-0.25, -0.2) is 0 Å². The number of carbonyl (C=O) groups is 1. The van der Waals surface area contributed by atoms with Crippen molar-refractivity contribution in [3.8, 4) is 11.4 Å². The third-order valence-corrected chi connectivity index (χ3v) is 5.18. The largest absolute Gasteiger partial charge is 0.457 e. The van der Waals surface area contributed by atoms with E-state index < -0.39 is 17.0 Å². The molecule has 8 nitrogen and oxygen atoms in total. The molecular formula is C20H20N4O4S. The van der Waals surface area contributed by atoms with E-state index in [1.807, 2.05) is 41.8 Å². The zero-order valence-corrected chi connectivity index (χ0v) is 16.8. The van der Waals surface area contributed by atoms with Gasteiger partial charge in [0.15, 0.2) is 11.0 Å². The molecule has 2 aromatic carbocycles. The zero-order chi connectivity index (χ0) is 20.8. The number of thioether (sulfide) groups is 1. The number of nitro benzene ring substituents is 1. The number of nitrogens with zero attached hydrogens (tertiary/aromatic N) is 4. The van der Waals surface area contributed by atoms with Gasteiger partial charge in [-0.3, -0.25) is 14.9 Å². The molecule has 9 heteroatoms. The Bertz CT molecular complexity index is 1010. The molecule has 0 radical (unpaired) electrons. The van der Waals surface area contributed by atoms with Crippen LogP contribution in [0.2, 0.25) is 0 Å². The van der Waals surface area contributed by atoms with E-state index in [4.69, 9.17) is 4.74 Å². The van der Waals surface area contributed by atoms with Gasteiger partial charge in [-0.05, 0) is 19.4 Å². The molecule has 1 heterocycles. The number of carbonyl (C=O) groups excluding carboxylic acids is 1. The van der Waals surface area contributed by atoms with Crippen molar-refractivity contribution in [2.75, 3.05) is 5.75 Å². The molecule has 0 saturated carbocycles. The van der Waals surface area contributed by atoms with Crippen molar-refractivity contribution in [2.24, 2.45) is 0 Å². The maximum Gasteiger partial charge on any atom is 0.316 e. The molecule has 0 unspecified atom stereocenters. The molecule has 0 spiro atoms. The summed E-state index contributed by atoms with van der Waals surface area (Å²) in [5, 5.41) is 20.0. The standard InChI is InChI=1S/C20H20N4O4S/c1-3-23-19(15-8-5-4-6-9-15)21-22-20(23)29-13-18(25)28-14(2)16-10-7-11-17(12-16)24(26)27/h4-12,14H,3,13H2,1-2H3/t14-/m1/s1. The van der Waals surface area contributed by atoms with Gasteiger partial charge < -0.3 is 9.30 Å². The second-order valence-electron chi connectivity index (χ2n) is 6.19. The van der Waals surface area contributed by atoms with Crippen molar-refractivity contribution in [2.45, 2.75) is 31.7 Å². The second kappa shape index (κ2) is 9.33. The normalized spacial score (nSPS) is 11.8. The highest BCUT2D eigenvalue weighted by Crippen LogP contribution is 2.25. The Morgan fingerprint density at radius 2 is 1.97 bits per heavy atom. The van der Waals surface area contributed by atoms with Gasteiger partial charge in [0.1, 0.15) is 6.10 Å². The number of non-ortho nitro benzene ring substituents is 1.